The lowest BCUT2D eigenvalue weighted by Gasteiger charge is -2.31. The Morgan fingerprint density at radius 2 is 2.06 bits per heavy atom. The Morgan fingerprint density at radius 1 is 1.19 bits per heavy atom. The Labute approximate surface area is 191 Å². The minimum Gasteiger partial charge on any atom is -0.445 e. The van der Waals surface area contributed by atoms with Gasteiger partial charge in [-0.2, -0.15) is 0 Å². The number of thiazole rings is 1. The maximum atomic E-state index is 13.3. The second kappa shape index (κ2) is 9.04. The van der Waals surface area contributed by atoms with Crippen molar-refractivity contribution >= 4 is 17.2 Å². The van der Waals surface area contributed by atoms with Crippen molar-refractivity contribution in [3.8, 4) is 10.6 Å². The first kappa shape index (κ1) is 20.6. The topological polar surface area (TPSA) is 72.1 Å². The summed E-state index contributed by atoms with van der Waals surface area (Å²) < 4.78 is 6.08. The zero-order chi connectivity index (χ0) is 21.9. The number of aryl methyl sites for hydroxylation is 1. The highest BCUT2D eigenvalue weighted by atomic mass is 32.1. The quantitative estimate of drug-likeness (QED) is 0.428. The van der Waals surface area contributed by atoms with Crippen LogP contribution in [0.25, 0.3) is 10.6 Å². The Hall–Kier alpha value is -3.32. The van der Waals surface area contributed by atoms with Gasteiger partial charge in [0, 0.05) is 31.3 Å². The highest BCUT2D eigenvalue weighted by Gasteiger charge is 2.28. The minimum absolute atomic E-state index is 0.0246. The molecular formula is C25H24N4O2S. The second-order valence-corrected chi connectivity index (χ2v) is 8.97. The van der Waals surface area contributed by atoms with Crippen molar-refractivity contribution in [3.05, 3.63) is 88.8 Å². The summed E-state index contributed by atoms with van der Waals surface area (Å²) in [5, 5.41) is 0. The molecule has 0 N–H and O–H groups in total. The fourth-order valence-corrected chi connectivity index (χ4v) is 4.94. The van der Waals surface area contributed by atoms with E-state index in [4.69, 9.17) is 4.42 Å². The summed E-state index contributed by atoms with van der Waals surface area (Å²) in [6.07, 6.45) is 6.14. The second-order valence-electron chi connectivity index (χ2n) is 8.11. The molecule has 0 aliphatic carbocycles. The molecule has 162 valence electrons. The summed E-state index contributed by atoms with van der Waals surface area (Å²) in [5.74, 6) is 1.72. The van der Waals surface area contributed by atoms with Crippen LogP contribution in [0, 0.1) is 6.92 Å². The van der Waals surface area contributed by atoms with E-state index < -0.39 is 0 Å². The monoisotopic (exact) mass is 444 g/mol. The van der Waals surface area contributed by atoms with Crippen LogP contribution in [-0.2, 0) is 6.42 Å². The number of benzene rings is 1. The number of hydrogen-bond acceptors (Lipinski definition) is 6. The number of carbonyl (C=O) groups is 1. The Bertz CT molecular complexity index is 1220. The molecular weight excluding hydrogens is 420 g/mol. The molecule has 3 aromatic heterocycles. The van der Waals surface area contributed by atoms with E-state index in [1.807, 2.05) is 42.3 Å². The average molecular weight is 445 g/mol. The fraction of sp³-hybridized carbons (Fsp3) is 0.280. The van der Waals surface area contributed by atoms with Gasteiger partial charge >= 0.3 is 0 Å². The summed E-state index contributed by atoms with van der Waals surface area (Å²) in [6.45, 7) is 3.31. The highest BCUT2D eigenvalue weighted by Crippen LogP contribution is 2.29. The van der Waals surface area contributed by atoms with Gasteiger partial charge in [-0.05, 0) is 37.5 Å². The molecule has 1 aliphatic rings. The standard InChI is InChI=1S/C25H24N4O2S/c1-17-23(32-16-28-17)22-13-19(9-10-26-22)25(30)29-11-5-8-20(15-29)24-27-14-21(31-24)12-18-6-3-2-4-7-18/h2-4,6-7,9-10,13-14,16,20H,5,8,11-12,15H2,1H3/t20-/m1/s1. The summed E-state index contributed by atoms with van der Waals surface area (Å²) in [5.41, 5.74) is 5.38. The zero-order valence-corrected chi connectivity index (χ0v) is 18.7. The fourth-order valence-electron chi connectivity index (χ4n) is 4.17. The number of nitrogens with zero attached hydrogens (tertiary/aromatic N) is 4. The Balaban J connectivity index is 1.29. The minimum atomic E-state index is 0.0246. The van der Waals surface area contributed by atoms with Crippen molar-refractivity contribution in [2.24, 2.45) is 0 Å². The molecule has 1 amide bonds. The third-order valence-electron chi connectivity index (χ3n) is 5.84. The van der Waals surface area contributed by atoms with Crippen molar-refractivity contribution in [1.82, 2.24) is 19.9 Å². The maximum absolute atomic E-state index is 13.3. The molecule has 4 aromatic rings. The third kappa shape index (κ3) is 4.34. The van der Waals surface area contributed by atoms with Gasteiger partial charge in [0.25, 0.3) is 5.91 Å². The summed E-state index contributed by atoms with van der Waals surface area (Å²) in [7, 11) is 0. The predicted octanol–water partition coefficient (Wildman–Crippen LogP) is 5.11. The first-order chi connectivity index (χ1) is 15.7. The number of hydrogen-bond donors (Lipinski definition) is 0. The van der Waals surface area contributed by atoms with Gasteiger partial charge in [0.05, 0.1) is 33.9 Å². The van der Waals surface area contributed by atoms with E-state index in [0.717, 1.165) is 53.7 Å². The van der Waals surface area contributed by atoms with Gasteiger partial charge in [0.2, 0.25) is 0 Å². The molecule has 0 bridgehead atoms. The molecule has 32 heavy (non-hydrogen) atoms. The van der Waals surface area contributed by atoms with Gasteiger partial charge in [0.15, 0.2) is 5.89 Å². The van der Waals surface area contributed by atoms with Crippen molar-refractivity contribution < 1.29 is 9.21 Å². The number of carbonyl (C=O) groups excluding carboxylic acids is 1. The maximum Gasteiger partial charge on any atom is 0.254 e. The number of amides is 1. The van der Waals surface area contributed by atoms with Crippen LogP contribution in [0.5, 0.6) is 0 Å². The van der Waals surface area contributed by atoms with E-state index in [1.54, 1.807) is 17.8 Å². The lowest BCUT2D eigenvalue weighted by Crippen LogP contribution is -2.39. The zero-order valence-electron chi connectivity index (χ0n) is 17.9. The molecule has 7 heteroatoms. The number of piperidine rings is 1. The molecule has 1 atom stereocenters. The van der Waals surface area contributed by atoms with Crippen LogP contribution in [0.4, 0.5) is 0 Å². The number of rotatable bonds is 5. The van der Waals surface area contributed by atoms with Crippen LogP contribution >= 0.6 is 11.3 Å². The molecule has 6 nitrogen and oxygen atoms in total. The van der Waals surface area contributed by atoms with Crippen LogP contribution in [-0.4, -0.2) is 38.8 Å². The highest BCUT2D eigenvalue weighted by molar-refractivity contribution is 7.13. The lowest BCUT2D eigenvalue weighted by molar-refractivity contribution is 0.0698. The van der Waals surface area contributed by atoms with Gasteiger partial charge in [0.1, 0.15) is 5.76 Å². The molecule has 1 aromatic carbocycles. The van der Waals surface area contributed by atoms with Gasteiger partial charge < -0.3 is 9.32 Å². The number of pyridine rings is 1. The van der Waals surface area contributed by atoms with Crippen molar-refractivity contribution in [2.45, 2.75) is 32.1 Å². The van der Waals surface area contributed by atoms with Crippen LogP contribution in [0.2, 0.25) is 0 Å². The normalized spacial score (nSPS) is 16.3. The SMILES string of the molecule is Cc1ncsc1-c1cc(C(=O)N2CCC[C@@H](c3ncc(Cc4ccccc4)o3)C2)ccn1. The van der Waals surface area contributed by atoms with Gasteiger partial charge in [-0.25, -0.2) is 9.97 Å². The molecule has 1 aliphatic heterocycles. The van der Waals surface area contributed by atoms with Crippen LogP contribution in [0.15, 0.2) is 64.8 Å². The van der Waals surface area contributed by atoms with Crippen molar-refractivity contribution in [3.63, 3.8) is 0 Å². The first-order valence-electron chi connectivity index (χ1n) is 10.8. The number of likely N-dealkylation sites (tertiary alicyclic amines) is 1. The Kier molecular flexibility index (Phi) is 5.81. The molecule has 0 unspecified atom stereocenters. The van der Waals surface area contributed by atoms with E-state index in [9.17, 15) is 4.79 Å². The van der Waals surface area contributed by atoms with Gasteiger partial charge in [-0.15, -0.1) is 11.3 Å². The average Bonchev–Trinajstić information content (AvgIpc) is 3.48. The predicted molar refractivity (Wildman–Crippen MR) is 124 cm³/mol. The molecule has 1 fully saturated rings. The third-order valence-corrected chi connectivity index (χ3v) is 6.79. The molecule has 0 saturated carbocycles. The van der Waals surface area contributed by atoms with E-state index in [2.05, 4.69) is 27.1 Å². The molecule has 0 spiro atoms. The molecule has 0 radical (unpaired) electrons. The van der Waals surface area contributed by atoms with Crippen molar-refractivity contribution in [1.29, 1.82) is 0 Å². The Morgan fingerprint density at radius 3 is 2.88 bits per heavy atom. The first-order valence-corrected chi connectivity index (χ1v) is 11.7. The summed E-state index contributed by atoms with van der Waals surface area (Å²) >= 11 is 1.54. The van der Waals surface area contributed by atoms with E-state index in [-0.39, 0.29) is 11.8 Å². The van der Waals surface area contributed by atoms with Crippen LogP contribution in [0.3, 0.4) is 0 Å². The van der Waals surface area contributed by atoms with Crippen LogP contribution < -0.4 is 0 Å². The lowest BCUT2D eigenvalue weighted by atomic mass is 9.97. The van der Waals surface area contributed by atoms with E-state index >= 15 is 0 Å². The van der Waals surface area contributed by atoms with Crippen LogP contribution in [0.1, 0.15) is 52.0 Å². The van der Waals surface area contributed by atoms with Crippen molar-refractivity contribution in [2.75, 3.05) is 13.1 Å². The van der Waals surface area contributed by atoms with E-state index in [1.165, 1.54) is 16.9 Å². The summed E-state index contributed by atoms with van der Waals surface area (Å²) in [4.78, 5) is 29.5. The number of oxazole rings is 1. The molecule has 4 heterocycles. The van der Waals surface area contributed by atoms with Gasteiger partial charge in [-0.1, -0.05) is 30.3 Å². The molecule has 5 rings (SSSR count). The number of aromatic nitrogens is 3. The largest absolute Gasteiger partial charge is 0.445 e. The summed E-state index contributed by atoms with van der Waals surface area (Å²) in [6, 6.07) is 13.9. The smallest absolute Gasteiger partial charge is 0.254 e. The van der Waals surface area contributed by atoms with Gasteiger partial charge in [-0.3, -0.25) is 9.78 Å². The molecule has 1 saturated heterocycles. The van der Waals surface area contributed by atoms with E-state index in [0.29, 0.717) is 12.1 Å².